The van der Waals surface area contributed by atoms with Crippen LogP contribution in [0.1, 0.15) is 18.9 Å². The summed E-state index contributed by atoms with van der Waals surface area (Å²) in [6.45, 7) is 1.41. The summed E-state index contributed by atoms with van der Waals surface area (Å²) in [7, 11) is 1.53. The third-order valence-electron chi connectivity index (χ3n) is 6.00. The number of aryl methyl sites for hydroxylation is 1. The Balaban J connectivity index is 1.94. The lowest BCUT2D eigenvalue weighted by molar-refractivity contribution is -0.120. The number of ether oxygens (including phenoxy) is 4. The first kappa shape index (κ1) is 28.6. The van der Waals surface area contributed by atoms with Gasteiger partial charge < -0.3 is 24.3 Å². The summed E-state index contributed by atoms with van der Waals surface area (Å²) in [6.07, 6.45) is 1.47. The fraction of sp³-hybridized carbons (Fsp3) is 0.321. The summed E-state index contributed by atoms with van der Waals surface area (Å²) in [5.74, 6) is 0.830. The molecule has 0 aliphatic carbocycles. The highest BCUT2D eigenvalue weighted by Crippen LogP contribution is 2.37. The van der Waals surface area contributed by atoms with Crippen molar-refractivity contribution in [1.82, 2.24) is 5.32 Å². The van der Waals surface area contributed by atoms with Crippen molar-refractivity contribution < 1.29 is 32.2 Å². The van der Waals surface area contributed by atoms with Crippen LogP contribution in [0.25, 0.3) is 0 Å². The Hall–Kier alpha value is -3.92. The maximum Gasteiger partial charge on any atom is 0.265 e. The highest BCUT2D eigenvalue weighted by atomic mass is 32.2. The second-order valence-electron chi connectivity index (χ2n) is 8.56. The molecule has 0 aromatic heterocycles. The highest BCUT2D eigenvalue weighted by Gasteiger charge is 2.31. The number of hydrogen-bond donors (Lipinski definition) is 1. The molecule has 1 amide bonds. The molecule has 0 aliphatic heterocycles. The van der Waals surface area contributed by atoms with Crippen molar-refractivity contribution in [3.63, 3.8) is 0 Å². The number of hydrogen-bond acceptors (Lipinski definition) is 7. The topological polar surface area (TPSA) is 103 Å². The zero-order valence-electron chi connectivity index (χ0n) is 22.3. The number of carbonyl (C=O) groups is 1. The SMILES string of the molecule is COc1ccc(OC)c(N(CC(=O)N[C@@H](C)CCc2ccccc2)S(=O)(=O)c2ccc(OC)c(OC)c2)c1. The Bertz CT molecular complexity index is 1330. The minimum Gasteiger partial charge on any atom is -0.497 e. The number of amides is 1. The fourth-order valence-electron chi connectivity index (χ4n) is 3.95. The Morgan fingerprint density at radius 1 is 0.842 bits per heavy atom. The molecule has 0 aliphatic rings. The van der Waals surface area contributed by atoms with Crippen molar-refractivity contribution in [3.05, 3.63) is 72.3 Å². The second kappa shape index (κ2) is 13.0. The molecule has 204 valence electrons. The van der Waals surface area contributed by atoms with E-state index in [2.05, 4.69) is 5.32 Å². The molecule has 9 nitrogen and oxygen atoms in total. The number of nitrogens with one attached hydrogen (secondary N) is 1. The molecule has 0 unspecified atom stereocenters. The predicted molar refractivity (Wildman–Crippen MR) is 146 cm³/mol. The molecule has 3 rings (SSSR count). The lowest BCUT2D eigenvalue weighted by Crippen LogP contribution is -2.43. The summed E-state index contributed by atoms with van der Waals surface area (Å²) in [5, 5.41) is 2.92. The molecule has 38 heavy (non-hydrogen) atoms. The van der Waals surface area contributed by atoms with Crippen LogP contribution in [0.5, 0.6) is 23.0 Å². The van der Waals surface area contributed by atoms with Crippen LogP contribution in [0.2, 0.25) is 0 Å². The minimum atomic E-state index is -4.25. The summed E-state index contributed by atoms with van der Waals surface area (Å²) < 4.78 is 50.2. The van der Waals surface area contributed by atoms with Gasteiger partial charge in [-0.2, -0.15) is 0 Å². The summed E-state index contributed by atoms with van der Waals surface area (Å²) in [5.41, 5.74) is 1.32. The second-order valence-corrected chi connectivity index (χ2v) is 10.4. The van der Waals surface area contributed by atoms with Crippen LogP contribution in [0.4, 0.5) is 5.69 Å². The van der Waals surface area contributed by atoms with Crippen LogP contribution in [0.3, 0.4) is 0 Å². The van der Waals surface area contributed by atoms with E-state index in [1.54, 1.807) is 12.1 Å². The quantitative estimate of drug-likeness (QED) is 0.348. The van der Waals surface area contributed by atoms with Gasteiger partial charge in [0.1, 0.15) is 18.0 Å². The third-order valence-corrected chi connectivity index (χ3v) is 7.76. The Morgan fingerprint density at radius 3 is 2.13 bits per heavy atom. The van der Waals surface area contributed by atoms with Crippen LogP contribution < -0.4 is 28.6 Å². The lowest BCUT2D eigenvalue weighted by Gasteiger charge is -2.27. The Kier molecular flexibility index (Phi) is 9.84. The number of nitrogens with zero attached hydrogens (tertiary/aromatic N) is 1. The molecule has 0 heterocycles. The van der Waals surface area contributed by atoms with Crippen molar-refractivity contribution in [2.24, 2.45) is 0 Å². The van der Waals surface area contributed by atoms with Crippen LogP contribution in [0, 0.1) is 0 Å². The van der Waals surface area contributed by atoms with E-state index in [1.807, 2.05) is 37.3 Å². The molecule has 0 radical (unpaired) electrons. The number of benzene rings is 3. The predicted octanol–water partition coefficient (Wildman–Crippen LogP) is 4.05. The van der Waals surface area contributed by atoms with Gasteiger partial charge in [-0.3, -0.25) is 9.10 Å². The molecule has 0 bridgehead atoms. The monoisotopic (exact) mass is 542 g/mol. The van der Waals surface area contributed by atoms with Gasteiger partial charge in [-0.15, -0.1) is 0 Å². The number of sulfonamides is 1. The molecule has 0 spiro atoms. The average molecular weight is 543 g/mol. The van der Waals surface area contributed by atoms with Crippen molar-refractivity contribution in [3.8, 4) is 23.0 Å². The van der Waals surface area contributed by atoms with E-state index in [1.165, 1.54) is 52.7 Å². The standard InChI is InChI=1S/C28H34N2O7S/c1-20(11-12-21-9-7-6-8-10-21)29-28(31)19-30(24-17-22(34-2)13-15-25(24)35-3)38(32,33)23-14-16-26(36-4)27(18-23)37-5/h6-10,13-18,20H,11-12,19H2,1-5H3,(H,29,31)/t20-/m0/s1. The van der Waals surface area contributed by atoms with Gasteiger partial charge >= 0.3 is 0 Å². The molecule has 0 saturated heterocycles. The van der Waals surface area contributed by atoms with Gasteiger partial charge in [-0.05, 0) is 49.6 Å². The normalized spacial score (nSPS) is 11.8. The maximum atomic E-state index is 14.0. The summed E-state index contributed by atoms with van der Waals surface area (Å²) in [4.78, 5) is 13.1. The van der Waals surface area contributed by atoms with Crippen LogP contribution in [-0.2, 0) is 21.2 Å². The van der Waals surface area contributed by atoms with Gasteiger partial charge in [0.2, 0.25) is 5.91 Å². The van der Waals surface area contributed by atoms with Crippen LogP contribution in [-0.4, -0.2) is 55.4 Å². The van der Waals surface area contributed by atoms with E-state index in [-0.39, 0.29) is 28.1 Å². The molecular formula is C28H34N2O7S. The first-order chi connectivity index (χ1) is 18.2. The van der Waals surface area contributed by atoms with Gasteiger partial charge in [0.05, 0.1) is 39.0 Å². The minimum absolute atomic E-state index is 0.0788. The summed E-state index contributed by atoms with van der Waals surface area (Å²) in [6, 6.07) is 18.8. The smallest absolute Gasteiger partial charge is 0.265 e. The first-order valence-corrected chi connectivity index (χ1v) is 13.5. The van der Waals surface area contributed by atoms with Gasteiger partial charge in [-0.1, -0.05) is 30.3 Å². The van der Waals surface area contributed by atoms with Gasteiger partial charge in [0.25, 0.3) is 10.0 Å². The zero-order valence-corrected chi connectivity index (χ0v) is 23.1. The van der Waals surface area contributed by atoms with E-state index in [4.69, 9.17) is 18.9 Å². The van der Waals surface area contributed by atoms with E-state index >= 15 is 0 Å². The number of anilines is 1. The first-order valence-electron chi connectivity index (χ1n) is 12.0. The van der Waals surface area contributed by atoms with Crippen molar-refractivity contribution >= 4 is 21.6 Å². The zero-order chi connectivity index (χ0) is 27.7. The molecule has 1 N–H and O–H groups in total. The summed E-state index contributed by atoms with van der Waals surface area (Å²) >= 11 is 0. The highest BCUT2D eigenvalue weighted by molar-refractivity contribution is 7.92. The van der Waals surface area contributed by atoms with Crippen molar-refractivity contribution in [1.29, 1.82) is 0 Å². The fourth-order valence-corrected chi connectivity index (χ4v) is 5.39. The average Bonchev–Trinajstić information content (AvgIpc) is 2.94. The van der Waals surface area contributed by atoms with Crippen molar-refractivity contribution in [2.75, 3.05) is 39.3 Å². The molecular weight excluding hydrogens is 508 g/mol. The maximum absolute atomic E-state index is 14.0. The van der Waals surface area contributed by atoms with Gasteiger partial charge in [0.15, 0.2) is 11.5 Å². The molecule has 3 aromatic rings. The largest absolute Gasteiger partial charge is 0.497 e. The number of carbonyl (C=O) groups excluding carboxylic acids is 1. The number of rotatable bonds is 13. The van der Waals surface area contributed by atoms with E-state index < -0.39 is 22.5 Å². The Labute approximate surface area is 224 Å². The van der Waals surface area contributed by atoms with Gasteiger partial charge in [-0.25, -0.2) is 8.42 Å². The van der Waals surface area contributed by atoms with E-state index in [0.717, 1.165) is 16.3 Å². The third kappa shape index (κ3) is 6.89. The lowest BCUT2D eigenvalue weighted by atomic mass is 10.1. The molecule has 0 fully saturated rings. The van der Waals surface area contributed by atoms with Crippen LogP contribution >= 0.6 is 0 Å². The van der Waals surface area contributed by atoms with Gasteiger partial charge in [0, 0.05) is 18.2 Å². The van der Waals surface area contributed by atoms with Crippen LogP contribution in [0.15, 0.2) is 71.6 Å². The van der Waals surface area contributed by atoms with E-state index in [0.29, 0.717) is 17.9 Å². The molecule has 1 atom stereocenters. The Morgan fingerprint density at radius 2 is 1.50 bits per heavy atom. The van der Waals surface area contributed by atoms with Crippen molar-refractivity contribution in [2.45, 2.75) is 30.7 Å². The molecule has 10 heteroatoms. The number of methoxy groups -OCH3 is 4. The molecule has 0 saturated carbocycles. The molecule has 3 aromatic carbocycles. The van der Waals surface area contributed by atoms with E-state index in [9.17, 15) is 13.2 Å².